The molecule has 0 spiro atoms. The zero-order valence-electron chi connectivity index (χ0n) is 26.8. The molecule has 0 nitrogen and oxygen atoms in total. The summed E-state index contributed by atoms with van der Waals surface area (Å²) < 4.78 is 60.4. The van der Waals surface area contributed by atoms with Crippen LogP contribution >= 0.6 is 0 Å². The van der Waals surface area contributed by atoms with E-state index in [1.54, 1.807) is 48.5 Å². The van der Waals surface area contributed by atoms with Crippen LogP contribution in [0, 0.1) is 29.2 Å². The molecule has 0 aromatic heterocycles. The van der Waals surface area contributed by atoms with Crippen LogP contribution in [0.25, 0.3) is 22.3 Å². The Morgan fingerprint density at radius 1 is 0.568 bits per heavy atom. The van der Waals surface area contributed by atoms with Crippen molar-refractivity contribution in [2.24, 2.45) is 5.92 Å². The highest BCUT2D eigenvalue weighted by molar-refractivity contribution is 5.71. The predicted molar refractivity (Wildman–Crippen MR) is 177 cm³/mol. The molecule has 238 valence electrons. The van der Waals surface area contributed by atoms with Crippen LogP contribution in [0.3, 0.4) is 0 Å². The quantitative estimate of drug-likeness (QED) is 0.0864. The van der Waals surface area contributed by atoms with E-state index in [1.165, 1.54) is 57.8 Å². The number of hydrogen-bond acceptors (Lipinski definition) is 0. The second-order valence-electron chi connectivity index (χ2n) is 12.8. The summed E-state index contributed by atoms with van der Waals surface area (Å²) in [6.07, 6.45) is 21.9. The molecule has 0 saturated heterocycles. The third-order valence-electron chi connectivity index (χ3n) is 9.49. The van der Waals surface area contributed by atoms with Crippen molar-refractivity contribution in [2.45, 2.75) is 122 Å². The zero-order chi connectivity index (χ0) is 31.3. The first-order chi connectivity index (χ1) is 21.4. The average molecular weight is 607 g/mol. The maximum Gasteiger partial charge on any atom is 0.166 e. The molecule has 0 heterocycles. The third kappa shape index (κ3) is 9.08. The summed E-state index contributed by atoms with van der Waals surface area (Å²) in [4.78, 5) is 0. The van der Waals surface area contributed by atoms with Crippen LogP contribution in [0.2, 0.25) is 0 Å². The van der Waals surface area contributed by atoms with E-state index in [0.717, 1.165) is 38.5 Å². The Morgan fingerprint density at radius 3 is 1.75 bits per heavy atom. The first-order valence-corrected chi connectivity index (χ1v) is 17.1. The molecule has 44 heavy (non-hydrogen) atoms. The highest BCUT2D eigenvalue weighted by atomic mass is 19.2. The summed E-state index contributed by atoms with van der Waals surface area (Å²) in [7, 11) is 0. The van der Waals surface area contributed by atoms with E-state index in [0.29, 0.717) is 34.6 Å². The minimum Gasteiger partial charge on any atom is -0.203 e. The summed E-state index contributed by atoms with van der Waals surface area (Å²) >= 11 is 0. The maximum absolute atomic E-state index is 15.4. The summed E-state index contributed by atoms with van der Waals surface area (Å²) in [5, 5.41) is 0. The Bertz CT molecular complexity index is 1330. The number of unbranched alkanes of at least 4 members (excludes halogenated alkanes) is 8. The molecule has 1 saturated carbocycles. The average Bonchev–Trinajstić information content (AvgIpc) is 3.04. The van der Waals surface area contributed by atoms with Crippen LogP contribution in [0.1, 0.15) is 127 Å². The molecule has 1 aliphatic carbocycles. The largest absolute Gasteiger partial charge is 0.203 e. The van der Waals surface area contributed by atoms with Crippen molar-refractivity contribution >= 4 is 0 Å². The highest BCUT2D eigenvalue weighted by Crippen LogP contribution is 2.40. The lowest BCUT2D eigenvalue weighted by atomic mass is 9.76. The molecule has 3 aromatic rings. The minimum absolute atomic E-state index is 0.0544. The van der Waals surface area contributed by atoms with Crippen LogP contribution in [0.15, 0.2) is 60.7 Å². The SMILES string of the molecule is CCCC=CCc1ccc(-c2ccc(-c3ccc(C4CCC(CCCCCCCCCC)CC4)c(F)c3F)cc2)c(F)c1F. The summed E-state index contributed by atoms with van der Waals surface area (Å²) in [6.45, 7) is 4.31. The number of allylic oxidation sites excluding steroid dienone is 2. The van der Waals surface area contributed by atoms with Crippen molar-refractivity contribution < 1.29 is 17.6 Å². The minimum atomic E-state index is -0.895. The van der Waals surface area contributed by atoms with E-state index in [-0.39, 0.29) is 17.0 Å². The van der Waals surface area contributed by atoms with Gasteiger partial charge in [0.1, 0.15) is 0 Å². The molecule has 4 heteroatoms. The Kier molecular flexibility index (Phi) is 13.6. The molecule has 0 amide bonds. The first-order valence-electron chi connectivity index (χ1n) is 17.1. The van der Waals surface area contributed by atoms with Crippen LogP contribution in [-0.4, -0.2) is 0 Å². The van der Waals surface area contributed by atoms with Gasteiger partial charge < -0.3 is 0 Å². The fourth-order valence-corrected chi connectivity index (χ4v) is 6.73. The van der Waals surface area contributed by atoms with Gasteiger partial charge in [0.2, 0.25) is 0 Å². The Morgan fingerprint density at radius 2 is 1.14 bits per heavy atom. The Balaban J connectivity index is 1.33. The molecule has 1 aliphatic rings. The molecule has 3 aromatic carbocycles. The van der Waals surface area contributed by atoms with E-state index >= 15 is 8.78 Å². The Hall–Kier alpha value is -2.88. The normalized spacial score (nSPS) is 17.0. The van der Waals surface area contributed by atoms with Crippen molar-refractivity contribution in [2.75, 3.05) is 0 Å². The molecule has 4 rings (SSSR count). The molecule has 0 N–H and O–H groups in total. The van der Waals surface area contributed by atoms with Gasteiger partial charge in [-0.1, -0.05) is 139 Å². The van der Waals surface area contributed by atoms with Gasteiger partial charge in [-0.3, -0.25) is 0 Å². The van der Waals surface area contributed by atoms with E-state index in [4.69, 9.17) is 0 Å². The van der Waals surface area contributed by atoms with Gasteiger partial charge in [0.05, 0.1) is 0 Å². The number of rotatable bonds is 16. The lowest BCUT2D eigenvalue weighted by Crippen LogP contribution is -2.15. The maximum atomic E-state index is 15.4. The third-order valence-corrected chi connectivity index (χ3v) is 9.49. The summed E-state index contributed by atoms with van der Waals surface area (Å²) in [6, 6.07) is 13.1. The fourth-order valence-electron chi connectivity index (χ4n) is 6.73. The second-order valence-corrected chi connectivity index (χ2v) is 12.8. The lowest BCUT2D eigenvalue weighted by Gasteiger charge is -2.29. The van der Waals surface area contributed by atoms with Gasteiger partial charge in [0.25, 0.3) is 0 Å². The van der Waals surface area contributed by atoms with Gasteiger partial charge in [-0.2, -0.15) is 0 Å². The van der Waals surface area contributed by atoms with Crippen molar-refractivity contribution in [3.8, 4) is 22.3 Å². The van der Waals surface area contributed by atoms with E-state index in [1.807, 2.05) is 12.2 Å². The monoisotopic (exact) mass is 606 g/mol. The number of halogens is 4. The topological polar surface area (TPSA) is 0 Å². The lowest BCUT2D eigenvalue weighted by molar-refractivity contribution is 0.297. The van der Waals surface area contributed by atoms with Crippen LogP contribution in [-0.2, 0) is 6.42 Å². The van der Waals surface area contributed by atoms with Gasteiger partial charge in [-0.15, -0.1) is 0 Å². The molecule has 1 fully saturated rings. The number of hydrogen-bond donors (Lipinski definition) is 0. The standard InChI is InChI=1S/C40H50F4/c1-3-5-7-9-10-11-12-13-15-29-17-19-30(20-18-29)35-27-28-36(40(44)39(35)43)32-23-21-31(22-24-32)34-26-25-33(37(41)38(34)42)16-14-8-6-4-2/h8,14,21-30H,3-7,9-13,15-20H2,1-2H3. The van der Waals surface area contributed by atoms with Gasteiger partial charge in [0.15, 0.2) is 23.3 Å². The zero-order valence-corrected chi connectivity index (χ0v) is 26.8. The second kappa shape index (κ2) is 17.6. The molecule has 0 radical (unpaired) electrons. The molecular weight excluding hydrogens is 556 g/mol. The van der Waals surface area contributed by atoms with Crippen LogP contribution < -0.4 is 0 Å². The fraction of sp³-hybridized carbons (Fsp3) is 0.500. The Labute approximate surface area is 263 Å². The van der Waals surface area contributed by atoms with Crippen molar-refractivity contribution in [1.29, 1.82) is 0 Å². The van der Waals surface area contributed by atoms with Crippen molar-refractivity contribution in [1.82, 2.24) is 0 Å². The van der Waals surface area contributed by atoms with Gasteiger partial charge in [0, 0.05) is 11.1 Å². The first kappa shape index (κ1) is 34.0. The smallest absolute Gasteiger partial charge is 0.166 e. The van der Waals surface area contributed by atoms with E-state index in [9.17, 15) is 8.78 Å². The summed E-state index contributed by atoms with van der Waals surface area (Å²) in [5.74, 6) is -2.58. The molecule has 0 bridgehead atoms. The van der Waals surface area contributed by atoms with Gasteiger partial charge in [-0.25, -0.2) is 17.6 Å². The van der Waals surface area contributed by atoms with Gasteiger partial charge >= 0.3 is 0 Å². The molecule has 0 atom stereocenters. The highest BCUT2D eigenvalue weighted by Gasteiger charge is 2.26. The molecule has 0 unspecified atom stereocenters. The van der Waals surface area contributed by atoms with Crippen LogP contribution in [0.5, 0.6) is 0 Å². The van der Waals surface area contributed by atoms with Gasteiger partial charge in [-0.05, 0) is 72.6 Å². The van der Waals surface area contributed by atoms with E-state index < -0.39 is 23.3 Å². The van der Waals surface area contributed by atoms with Crippen molar-refractivity contribution in [3.05, 3.63) is 95.1 Å². The number of benzene rings is 3. The molecular formula is C40H50F4. The predicted octanol–water partition coefficient (Wildman–Crippen LogP) is 13.3. The van der Waals surface area contributed by atoms with E-state index in [2.05, 4.69) is 13.8 Å². The summed E-state index contributed by atoms with van der Waals surface area (Å²) in [5.41, 5.74) is 2.11. The van der Waals surface area contributed by atoms with Crippen molar-refractivity contribution in [3.63, 3.8) is 0 Å². The van der Waals surface area contributed by atoms with Crippen LogP contribution in [0.4, 0.5) is 17.6 Å². The molecule has 0 aliphatic heterocycles.